The van der Waals surface area contributed by atoms with E-state index in [1.807, 2.05) is 0 Å². The van der Waals surface area contributed by atoms with Gasteiger partial charge in [0.2, 0.25) is 5.91 Å². The Morgan fingerprint density at radius 3 is 1.71 bits per heavy atom. The zero-order chi connectivity index (χ0) is 20.7. The topological polar surface area (TPSA) is 58.6 Å². The Labute approximate surface area is 175 Å². The number of unbranched alkanes of at least 4 members (excludes halogenated alkanes) is 14. The summed E-state index contributed by atoms with van der Waals surface area (Å²) in [5, 5.41) is 12.3. The van der Waals surface area contributed by atoms with Crippen molar-refractivity contribution in [2.24, 2.45) is 0 Å². The van der Waals surface area contributed by atoms with Gasteiger partial charge in [0.15, 0.2) is 0 Å². The molecule has 0 bridgehead atoms. The highest BCUT2D eigenvalue weighted by molar-refractivity contribution is 5.75. The quantitative estimate of drug-likeness (QED) is 0.215. The first-order chi connectivity index (χ1) is 13.7. The van der Waals surface area contributed by atoms with Crippen LogP contribution in [0.2, 0.25) is 0 Å². The van der Waals surface area contributed by atoms with Gasteiger partial charge in [-0.15, -0.1) is 0 Å². The van der Waals surface area contributed by atoms with Gasteiger partial charge < -0.3 is 15.2 Å². The summed E-state index contributed by atoms with van der Waals surface area (Å²) in [4.78, 5) is 11.9. The van der Waals surface area contributed by atoms with Crippen LogP contribution in [0.3, 0.4) is 0 Å². The molecule has 1 atom stereocenters. The highest BCUT2D eigenvalue weighted by atomic mass is 16.5. The molecule has 1 amide bonds. The maximum atomic E-state index is 11.9. The van der Waals surface area contributed by atoms with Gasteiger partial charge in [-0.2, -0.15) is 0 Å². The number of carbonyl (C=O) groups is 1. The largest absolute Gasteiger partial charge is 0.394 e. The SMILES string of the molecule is CCCCCCCCCCCC(=O)NCC(CO)OCCCCCCCCC. The number of carbonyl (C=O) groups excluding carboxylic acids is 1. The molecule has 0 radical (unpaired) electrons. The van der Waals surface area contributed by atoms with Gasteiger partial charge in [-0.3, -0.25) is 4.79 Å². The van der Waals surface area contributed by atoms with Crippen molar-refractivity contribution in [3.8, 4) is 0 Å². The van der Waals surface area contributed by atoms with Crippen molar-refractivity contribution in [3.63, 3.8) is 0 Å². The molecular formula is C24H49NO3. The molecule has 0 aromatic rings. The monoisotopic (exact) mass is 399 g/mol. The summed E-state index contributed by atoms with van der Waals surface area (Å²) < 4.78 is 5.70. The van der Waals surface area contributed by atoms with Gasteiger partial charge in [-0.25, -0.2) is 0 Å². The number of aliphatic hydroxyl groups is 1. The molecule has 168 valence electrons. The molecule has 0 saturated heterocycles. The van der Waals surface area contributed by atoms with Gasteiger partial charge in [-0.1, -0.05) is 104 Å². The van der Waals surface area contributed by atoms with Crippen molar-refractivity contribution >= 4 is 5.91 Å². The lowest BCUT2D eigenvalue weighted by Gasteiger charge is -2.16. The number of rotatable bonds is 22. The summed E-state index contributed by atoms with van der Waals surface area (Å²) in [5.74, 6) is 0.0842. The average Bonchev–Trinajstić information content (AvgIpc) is 2.71. The van der Waals surface area contributed by atoms with E-state index >= 15 is 0 Å². The first-order valence-electron chi connectivity index (χ1n) is 12.2. The third-order valence-corrected chi connectivity index (χ3v) is 5.34. The fourth-order valence-corrected chi connectivity index (χ4v) is 3.40. The fourth-order valence-electron chi connectivity index (χ4n) is 3.40. The van der Waals surface area contributed by atoms with Crippen LogP contribution < -0.4 is 5.32 Å². The molecule has 0 heterocycles. The van der Waals surface area contributed by atoms with Crippen LogP contribution in [0.25, 0.3) is 0 Å². The molecule has 1 unspecified atom stereocenters. The van der Waals surface area contributed by atoms with Gasteiger partial charge in [-0.05, 0) is 12.8 Å². The predicted molar refractivity (Wildman–Crippen MR) is 120 cm³/mol. The smallest absolute Gasteiger partial charge is 0.220 e. The Morgan fingerprint density at radius 2 is 1.21 bits per heavy atom. The second kappa shape index (κ2) is 22.7. The first-order valence-corrected chi connectivity index (χ1v) is 12.2. The third-order valence-electron chi connectivity index (χ3n) is 5.34. The molecule has 0 aliphatic rings. The number of hydrogen-bond acceptors (Lipinski definition) is 3. The first kappa shape index (κ1) is 27.4. The van der Waals surface area contributed by atoms with E-state index < -0.39 is 0 Å². The van der Waals surface area contributed by atoms with E-state index in [0.29, 0.717) is 19.6 Å². The van der Waals surface area contributed by atoms with E-state index in [1.165, 1.54) is 83.5 Å². The van der Waals surface area contributed by atoms with Crippen molar-refractivity contribution in [2.75, 3.05) is 19.8 Å². The Bertz CT molecular complexity index is 323. The van der Waals surface area contributed by atoms with E-state index in [-0.39, 0.29) is 18.6 Å². The standard InChI is InChI=1S/C24H49NO3/c1-3-5-7-9-11-12-13-15-17-19-24(27)25-21-23(22-26)28-20-18-16-14-10-8-6-4-2/h23,26H,3-22H2,1-2H3,(H,25,27). The molecule has 0 aromatic carbocycles. The summed E-state index contributed by atoms with van der Waals surface area (Å²) in [7, 11) is 0. The maximum Gasteiger partial charge on any atom is 0.220 e. The van der Waals surface area contributed by atoms with Crippen LogP contribution >= 0.6 is 0 Å². The van der Waals surface area contributed by atoms with Crippen LogP contribution in [-0.2, 0) is 9.53 Å². The molecule has 0 aliphatic carbocycles. The number of hydrogen-bond donors (Lipinski definition) is 2. The number of amides is 1. The molecule has 0 rings (SSSR count). The lowest BCUT2D eigenvalue weighted by Crippen LogP contribution is -2.35. The normalized spacial score (nSPS) is 12.2. The Balaban J connectivity index is 3.46. The number of nitrogens with one attached hydrogen (secondary N) is 1. The zero-order valence-corrected chi connectivity index (χ0v) is 19.0. The molecule has 0 aliphatic heterocycles. The zero-order valence-electron chi connectivity index (χ0n) is 19.0. The second-order valence-electron chi connectivity index (χ2n) is 8.18. The highest BCUT2D eigenvalue weighted by Gasteiger charge is 2.09. The highest BCUT2D eigenvalue weighted by Crippen LogP contribution is 2.10. The van der Waals surface area contributed by atoms with Crippen molar-refractivity contribution < 1.29 is 14.6 Å². The van der Waals surface area contributed by atoms with Gasteiger partial charge in [0.05, 0.1) is 12.7 Å². The van der Waals surface area contributed by atoms with E-state index in [1.54, 1.807) is 0 Å². The van der Waals surface area contributed by atoms with Crippen molar-refractivity contribution in [1.82, 2.24) is 5.32 Å². The minimum absolute atomic E-state index is 0.0329. The summed E-state index contributed by atoms with van der Waals surface area (Å²) in [6, 6.07) is 0. The fraction of sp³-hybridized carbons (Fsp3) is 0.958. The van der Waals surface area contributed by atoms with Gasteiger partial charge >= 0.3 is 0 Å². The Hall–Kier alpha value is -0.610. The van der Waals surface area contributed by atoms with E-state index in [2.05, 4.69) is 19.2 Å². The van der Waals surface area contributed by atoms with Crippen LogP contribution in [0.15, 0.2) is 0 Å². The van der Waals surface area contributed by atoms with Crippen molar-refractivity contribution in [1.29, 1.82) is 0 Å². The lowest BCUT2D eigenvalue weighted by atomic mass is 10.1. The Morgan fingerprint density at radius 1 is 0.750 bits per heavy atom. The van der Waals surface area contributed by atoms with Gasteiger partial charge in [0.25, 0.3) is 0 Å². The molecule has 2 N–H and O–H groups in total. The molecule has 0 aromatic heterocycles. The Kier molecular flexibility index (Phi) is 22.2. The summed E-state index contributed by atoms with van der Waals surface area (Å²) in [6.45, 7) is 5.54. The predicted octanol–water partition coefficient (Wildman–Crippen LogP) is 6.15. The summed E-state index contributed by atoms with van der Waals surface area (Å²) in [6.07, 6.45) is 20.4. The van der Waals surface area contributed by atoms with Gasteiger partial charge in [0, 0.05) is 19.6 Å². The van der Waals surface area contributed by atoms with E-state index in [9.17, 15) is 9.90 Å². The van der Waals surface area contributed by atoms with E-state index in [0.717, 1.165) is 19.3 Å². The van der Waals surface area contributed by atoms with Crippen molar-refractivity contribution in [3.05, 3.63) is 0 Å². The summed E-state index contributed by atoms with van der Waals surface area (Å²) >= 11 is 0. The maximum absolute atomic E-state index is 11.9. The third kappa shape index (κ3) is 20.1. The minimum atomic E-state index is -0.271. The molecule has 28 heavy (non-hydrogen) atoms. The van der Waals surface area contributed by atoms with Crippen LogP contribution in [0.5, 0.6) is 0 Å². The van der Waals surface area contributed by atoms with Crippen LogP contribution in [0, 0.1) is 0 Å². The molecule has 0 fully saturated rings. The second-order valence-corrected chi connectivity index (χ2v) is 8.18. The van der Waals surface area contributed by atoms with Crippen LogP contribution in [0.1, 0.15) is 123 Å². The molecular weight excluding hydrogens is 350 g/mol. The minimum Gasteiger partial charge on any atom is -0.394 e. The average molecular weight is 400 g/mol. The number of aliphatic hydroxyl groups excluding tert-OH is 1. The van der Waals surface area contributed by atoms with Gasteiger partial charge in [0.1, 0.15) is 0 Å². The van der Waals surface area contributed by atoms with E-state index in [4.69, 9.17) is 4.74 Å². The van der Waals surface area contributed by atoms with Crippen molar-refractivity contribution in [2.45, 2.75) is 129 Å². The molecule has 0 saturated carbocycles. The number of ether oxygens (including phenoxy) is 1. The van der Waals surface area contributed by atoms with Crippen LogP contribution in [-0.4, -0.2) is 36.9 Å². The van der Waals surface area contributed by atoms with Crippen LogP contribution in [0.4, 0.5) is 0 Å². The molecule has 0 spiro atoms. The lowest BCUT2D eigenvalue weighted by molar-refractivity contribution is -0.122. The molecule has 4 heteroatoms. The summed E-state index contributed by atoms with van der Waals surface area (Å²) in [5.41, 5.74) is 0. The molecule has 4 nitrogen and oxygen atoms in total.